The molecule has 0 atom stereocenters. The fourth-order valence-electron chi connectivity index (χ4n) is 4.29. The van der Waals surface area contributed by atoms with Crippen LogP contribution in [0.15, 0.2) is 78.9 Å². The van der Waals surface area contributed by atoms with Crippen LogP contribution >= 0.6 is 0 Å². The molecule has 0 saturated carbocycles. The van der Waals surface area contributed by atoms with Gasteiger partial charge in [0.25, 0.3) is 0 Å². The minimum Gasteiger partial charge on any atom is -0.206 e. The van der Waals surface area contributed by atoms with Gasteiger partial charge >= 0.3 is 0 Å². The molecule has 0 heterocycles. The topological polar surface area (TPSA) is 23.8 Å². The predicted molar refractivity (Wildman–Crippen MR) is 143 cm³/mol. The van der Waals surface area contributed by atoms with Crippen LogP contribution in [0.25, 0.3) is 10.8 Å². The number of rotatable bonds is 8. The molecule has 0 unspecified atom stereocenters. The minimum absolute atomic E-state index is 0.162. The second-order valence-electron chi connectivity index (χ2n) is 9.04. The first kappa shape index (κ1) is 24.3. The molecular formula is C33H30FN. The lowest BCUT2D eigenvalue weighted by Crippen LogP contribution is -1.96. The van der Waals surface area contributed by atoms with Crippen LogP contribution < -0.4 is 0 Å². The molecule has 4 aromatic carbocycles. The number of unbranched alkanes of at least 4 members (excludes halogenated alkanes) is 3. The number of fused-ring (bicyclic) bond motifs is 1. The Labute approximate surface area is 208 Å². The summed E-state index contributed by atoms with van der Waals surface area (Å²) in [6.07, 6.45) is 7.57. The van der Waals surface area contributed by atoms with Gasteiger partial charge in [0.05, 0.1) is 11.6 Å². The van der Waals surface area contributed by atoms with E-state index in [2.05, 4.69) is 49.1 Å². The van der Waals surface area contributed by atoms with Crippen LogP contribution in [0.5, 0.6) is 0 Å². The van der Waals surface area contributed by atoms with Gasteiger partial charge in [-0.1, -0.05) is 80.5 Å². The van der Waals surface area contributed by atoms with E-state index in [9.17, 15) is 0 Å². The first-order valence-electron chi connectivity index (χ1n) is 12.5. The smallest absolute Gasteiger partial charge is 0.134 e. The standard InChI is InChI=1S/C33H30FN/c1-2-3-4-5-6-25-7-9-26(10-8-25)11-14-28-18-22-32-31(23-28)21-20-30(33(32)34)19-17-27-12-15-29(24-35)16-13-27/h7-10,12-13,15-16,18,20-23H,2-6,17,19H2,1H3. The molecule has 0 aliphatic carbocycles. The highest BCUT2D eigenvalue weighted by atomic mass is 19.1. The normalized spacial score (nSPS) is 10.5. The van der Waals surface area contributed by atoms with Gasteiger partial charge in [-0.2, -0.15) is 5.26 Å². The molecule has 0 amide bonds. The summed E-state index contributed by atoms with van der Waals surface area (Å²) in [5, 5.41) is 10.4. The van der Waals surface area contributed by atoms with Gasteiger partial charge in [-0.15, -0.1) is 0 Å². The van der Waals surface area contributed by atoms with Gasteiger partial charge in [0, 0.05) is 16.5 Å². The molecule has 1 nitrogen and oxygen atoms in total. The second-order valence-corrected chi connectivity index (χ2v) is 9.04. The van der Waals surface area contributed by atoms with Crippen molar-refractivity contribution >= 4 is 10.8 Å². The summed E-state index contributed by atoms with van der Waals surface area (Å²) in [5.74, 6) is 6.30. The SMILES string of the molecule is CCCCCCc1ccc(C#Cc2ccc3c(F)c(CCc4ccc(C#N)cc4)ccc3c2)cc1. The van der Waals surface area contributed by atoms with Crippen LogP contribution in [0.2, 0.25) is 0 Å². The van der Waals surface area contributed by atoms with Crippen molar-refractivity contribution in [2.75, 3.05) is 0 Å². The summed E-state index contributed by atoms with van der Waals surface area (Å²) in [5.41, 5.74) is 5.67. The fraction of sp³-hybridized carbons (Fsp3) is 0.242. The third-order valence-corrected chi connectivity index (χ3v) is 6.42. The molecule has 0 fully saturated rings. The molecule has 2 heteroatoms. The summed E-state index contributed by atoms with van der Waals surface area (Å²) in [7, 11) is 0. The zero-order chi connectivity index (χ0) is 24.5. The number of hydrogen-bond donors (Lipinski definition) is 0. The lowest BCUT2D eigenvalue weighted by atomic mass is 9.98. The van der Waals surface area contributed by atoms with Crippen LogP contribution in [-0.4, -0.2) is 0 Å². The van der Waals surface area contributed by atoms with Gasteiger partial charge in [0.15, 0.2) is 0 Å². The predicted octanol–water partition coefficient (Wildman–Crippen LogP) is 8.16. The fourth-order valence-corrected chi connectivity index (χ4v) is 4.29. The van der Waals surface area contributed by atoms with Crippen molar-refractivity contribution < 1.29 is 4.39 Å². The highest BCUT2D eigenvalue weighted by Gasteiger charge is 2.08. The summed E-state index contributed by atoms with van der Waals surface area (Å²) in [6, 6.07) is 27.6. The number of halogens is 1. The molecule has 0 saturated heterocycles. The first-order valence-corrected chi connectivity index (χ1v) is 12.5. The molecule has 0 bridgehead atoms. The van der Waals surface area contributed by atoms with Gasteiger partial charge in [-0.3, -0.25) is 0 Å². The van der Waals surface area contributed by atoms with E-state index in [-0.39, 0.29) is 5.82 Å². The number of aryl methyl sites for hydroxylation is 3. The van der Waals surface area contributed by atoms with E-state index in [1.54, 1.807) is 12.1 Å². The average molecular weight is 460 g/mol. The van der Waals surface area contributed by atoms with Crippen molar-refractivity contribution in [3.8, 4) is 17.9 Å². The highest BCUT2D eigenvalue weighted by Crippen LogP contribution is 2.24. The molecule has 0 radical (unpaired) electrons. The Kier molecular flexibility index (Phi) is 8.32. The number of hydrogen-bond acceptors (Lipinski definition) is 1. The summed E-state index contributed by atoms with van der Waals surface area (Å²) in [6.45, 7) is 2.23. The van der Waals surface area contributed by atoms with Gasteiger partial charge < -0.3 is 0 Å². The Balaban J connectivity index is 1.42. The van der Waals surface area contributed by atoms with Gasteiger partial charge in [-0.05, 0) is 84.2 Å². The Bertz CT molecular complexity index is 1380. The van der Waals surface area contributed by atoms with Crippen LogP contribution in [0.4, 0.5) is 4.39 Å². The molecule has 0 aromatic heterocycles. The van der Waals surface area contributed by atoms with Crippen molar-refractivity contribution in [1.29, 1.82) is 5.26 Å². The van der Waals surface area contributed by atoms with Crippen molar-refractivity contribution in [1.82, 2.24) is 0 Å². The van der Waals surface area contributed by atoms with E-state index in [4.69, 9.17) is 5.26 Å². The largest absolute Gasteiger partial charge is 0.206 e. The minimum atomic E-state index is -0.162. The first-order chi connectivity index (χ1) is 17.2. The van der Waals surface area contributed by atoms with Gasteiger partial charge in [0.2, 0.25) is 0 Å². The number of benzene rings is 4. The molecule has 0 N–H and O–H groups in total. The van der Waals surface area contributed by atoms with E-state index in [1.807, 2.05) is 42.5 Å². The molecule has 0 aliphatic rings. The zero-order valence-electron chi connectivity index (χ0n) is 20.3. The third-order valence-electron chi connectivity index (χ3n) is 6.42. The molecule has 174 valence electrons. The van der Waals surface area contributed by atoms with E-state index >= 15 is 4.39 Å². The maximum Gasteiger partial charge on any atom is 0.134 e. The van der Waals surface area contributed by atoms with E-state index < -0.39 is 0 Å². The summed E-state index contributed by atoms with van der Waals surface area (Å²) < 4.78 is 15.2. The molecular weight excluding hydrogens is 429 g/mol. The molecule has 0 aliphatic heterocycles. The molecule has 4 rings (SSSR count). The van der Waals surface area contributed by atoms with Gasteiger partial charge in [-0.25, -0.2) is 4.39 Å². The monoisotopic (exact) mass is 459 g/mol. The number of nitriles is 1. The Hall–Kier alpha value is -3.88. The lowest BCUT2D eigenvalue weighted by Gasteiger charge is -2.08. The lowest BCUT2D eigenvalue weighted by molar-refractivity contribution is 0.620. The highest BCUT2D eigenvalue weighted by molar-refractivity contribution is 5.85. The van der Waals surface area contributed by atoms with Crippen molar-refractivity contribution in [2.24, 2.45) is 0 Å². The van der Waals surface area contributed by atoms with Crippen molar-refractivity contribution in [2.45, 2.75) is 51.9 Å². The van der Waals surface area contributed by atoms with Crippen molar-refractivity contribution in [3.05, 3.63) is 118 Å². The van der Waals surface area contributed by atoms with Crippen LogP contribution in [0.1, 0.15) is 66.0 Å². The Morgan fingerprint density at radius 1 is 0.657 bits per heavy atom. The second kappa shape index (κ2) is 12.0. The summed E-state index contributed by atoms with van der Waals surface area (Å²) in [4.78, 5) is 0. The van der Waals surface area contributed by atoms with Crippen LogP contribution in [0, 0.1) is 29.0 Å². The maximum absolute atomic E-state index is 15.2. The van der Waals surface area contributed by atoms with E-state index in [0.717, 1.165) is 34.9 Å². The van der Waals surface area contributed by atoms with E-state index in [0.29, 0.717) is 22.9 Å². The molecule has 4 aromatic rings. The quantitative estimate of drug-likeness (QED) is 0.193. The number of nitrogens with zero attached hydrogens (tertiary/aromatic N) is 1. The van der Waals surface area contributed by atoms with Crippen LogP contribution in [-0.2, 0) is 19.3 Å². The average Bonchev–Trinajstić information content (AvgIpc) is 2.90. The Morgan fingerprint density at radius 2 is 1.31 bits per heavy atom. The third kappa shape index (κ3) is 6.59. The zero-order valence-corrected chi connectivity index (χ0v) is 20.3. The maximum atomic E-state index is 15.2. The molecule has 0 spiro atoms. The molecule has 35 heavy (non-hydrogen) atoms. The van der Waals surface area contributed by atoms with Crippen molar-refractivity contribution in [3.63, 3.8) is 0 Å². The van der Waals surface area contributed by atoms with Crippen LogP contribution in [0.3, 0.4) is 0 Å². The summed E-state index contributed by atoms with van der Waals surface area (Å²) >= 11 is 0. The Morgan fingerprint density at radius 3 is 2.03 bits per heavy atom. The van der Waals surface area contributed by atoms with Gasteiger partial charge in [0.1, 0.15) is 5.82 Å². The van der Waals surface area contributed by atoms with E-state index in [1.165, 1.54) is 31.2 Å².